The summed E-state index contributed by atoms with van der Waals surface area (Å²) in [6.07, 6.45) is 0. The van der Waals surface area contributed by atoms with E-state index in [-0.39, 0.29) is 28.2 Å². The molecule has 0 saturated carbocycles. The van der Waals surface area contributed by atoms with Gasteiger partial charge in [0.25, 0.3) is 5.91 Å². The summed E-state index contributed by atoms with van der Waals surface area (Å²) in [5.74, 6) is -1.12. The Balaban J connectivity index is 2.16. The van der Waals surface area contributed by atoms with Crippen LogP contribution in [0.25, 0.3) is 0 Å². The van der Waals surface area contributed by atoms with Crippen LogP contribution in [0.4, 0.5) is 5.69 Å². The van der Waals surface area contributed by atoms with E-state index < -0.39 is 11.9 Å². The third-order valence-electron chi connectivity index (χ3n) is 3.95. The van der Waals surface area contributed by atoms with Crippen LogP contribution in [0.1, 0.15) is 41.5 Å². The highest BCUT2D eigenvalue weighted by Crippen LogP contribution is 2.21. The Kier molecular flexibility index (Phi) is 6.99. The number of hydrogen-bond acceptors (Lipinski definition) is 3. The molecule has 0 bridgehead atoms. The molecule has 27 heavy (non-hydrogen) atoms. The summed E-state index contributed by atoms with van der Waals surface area (Å²) in [5, 5.41) is 6.07. The van der Waals surface area contributed by atoms with Gasteiger partial charge in [-0.15, -0.1) is 0 Å². The summed E-state index contributed by atoms with van der Waals surface area (Å²) in [7, 11) is 0. The number of nitrogens with one attached hydrogen (secondary N) is 2. The van der Waals surface area contributed by atoms with Gasteiger partial charge < -0.3 is 10.6 Å². The molecular formula is C20H20Cl2N2O3. The number of hydrogen-bond donors (Lipinski definition) is 2. The van der Waals surface area contributed by atoms with Crippen molar-refractivity contribution >= 4 is 46.5 Å². The van der Waals surface area contributed by atoms with Crippen molar-refractivity contribution in [2.45, 2.75) is 26.8 Å². The van der Waals surface area contributed by atoms with Gasteiger partial charge in [-0.2, -0.15) is 0 Å². The molecule has 0 spiro atoms. The monoisotopic (exact) mass is 406 g/mol. The largest absolute Gasteiger partial charge is 0.340 e. The van der Waals surface area contributed by atoms with Crippen LogP contribution in [-0.4, -0.2) is 23.6 Å². The molecule has 2 aromatic rings. The van der Waals surface area contributed by atoms with E-state index in [1.807, 2.05) is 13.8 Å². The van der Waals surface area contributed by atoms with Crippen LogP contribution in [0.3, 0.4) is 0 Å². The first-order valence-corrected chi connectivity index (χ1v) is 9.12. The molecule has 0 aromatic heterocycles. The van der Waals surface area contributed by atoms with Crippen LogP contribution in [0.15, 0.2) is 42.5 Å². The Hall–Kier alpha value is -2.37. The van der Waals surface area contributed by atoms with Crippen LogP contribution in [-0.2, 0) is 4.79 Å². The fourth-order valence-corrected chi connectivity index (χ4v) is 2.96. The van der Waals surface area contributed by atoms with Gasteiger partial charge in [0.15, 0.2) is 5.78 Å². The fraction of sp³-hybridized carbons (Fsp3) is 0.250. The van der Waals surface area contributed by atoms with E-state index in [1.54, 1.807) is 30.3 Å². The number of carbonyl (C=O) groups excluding carboxylic acids is 3. The van der Waals surface area contributed by atoms with Crippen molar-refractivity contribution in [2.24, 2.45) is 5.92 Å². The average Bonchev–Trinajstić information content (AvgIpc) is 2.59. The summed E-state index contributed by atoms with van der Waals surface area (Å²) < 4.78 is 0. The minimum absolute atomic E-state index is 0.0998. The first kappa shape index (κ1) is 20.9. The van der Waals surface area contributed by atoms with Crippen molar-refractivity contribution in [3.8, 4) is 0 Å². The highest BCUT2D eigenvalue weighted by Gasteiger charge is 2.25. The number of rotatable bonds is 6. The Morgan fingerprint density at radius 1 is 1.00 bits per heavy atom. The molecule has 2 N–H and O–H groups in total. The fourth-order valence-electron chi connectivity index (χ4n) is 2.46. The predicted molar refractivity (Wildman–Crippen MR) is 108 cm³/mol. The quantitative estimate of drug-likeness (QED) is 0.688. The third-order valence-corrected chi connectivity index (χ3v) is 4.50. The van der Waals surface area contributed by atoms with E-state index in [2.05, 4.69) is 10.6 Å². The van der Waals surface area contributed by atoms with E-state index >= 15 is 0 Å². The van der Waals surface area contributed by atoms with Crippen LogP contribution in [0, 0.1) is 5.92 Å². The molecule has 0 heterocycles. The number of amides is 2. The molecule has 7 heteroatoms. The van der Waals surface area contributed by atoms with Gasteiger partial charge in [0.2, 0.25) is 5.91 Å². The zero-order valence-electron chi connectivity index (χ0n) is 15.2. The maximum Gasteiger partial charge on any atom is 0.253 e. The highest BCUT2D eigenvalue weighted by atomic mass is 35.5. The van der Waals surface area contributed by atoms with E-state index in [0.29, 0.717) is 16.3 Å². The lowest BCUT2D eigenvalue weighted by molar-refractivity contribution is -0.118. The number of carbonyl (C=O) groups is 3. The molecule has 5 nitrogen and oxygen atoms in total. The Bertz CT molecular complexity index is 881. The lowest BCUT2D eigenvalue weighted by Gasteiger charge is -2.22. The number of halogens is 2. The number of benzene rings is 2. The SMILES string of the molecule is CC(=O)c1cccc(NC(=O)[C@@H](NC(=O)c2ccc(Cl)cc2Cl)C(C)C)c1. The molecule has 142 valence electrons. The maximum absolute atomic E-state index is 12.7. The predicted octanol–water partition coefficient (Wildman–Crippen LogP) is 4.59. The zero-order chi connectivity index (χ0) is 20.1. The number of anilines is 1. The third kappa shape index (κ3) is 5.55. The van der Waals surface area contributed by atoms with Gasteiger partial charge in [0, 0.05) is 16.3 Å². The van der Waals surface area contributed by atoms with Gasteiger partial charge >= 0.3 is 0 Å². The van der Waals surface area contributed by atoms with E-state index in [9.17, 15) is 14.4 Å². The lowest BCUT2D eigenvalue weighted by atomic mass is 10.0. The first-order chi connectivity index (χ1) is 12.7. The molecule has 0 aliphatic carbocycles. The van der Waals surface area contributed by atoms with Crippen LogP contribution in [0.2, 0.25) is 10.0 Å². The average molecular weight is 407 g/mol. The molecule has 0 saturated heterocycles. The topological polar surface area (TPSA) is 75.3 Å². The second kappa shape index (κ2) is 9.02. The Labute approximate surface area is 168 Å². The van der Waals surface area contributed by atoms with Crippen molar-refractivity contribution in [1.82, 2.24) is 5.32 Å². The molecule has 0 unspecified atom stereocenters. The van der Waals surface area contributed by atoms with Crippen LogP contribution < -0.4 is 10.6 Å². The normalized spacial score (nSPS) is 11.8. The van der Waals surface area contributed by atoms with E-state index in [0.717, 1.165) is 0 Å². The van der Waals surface area contributed by atoms with Crippen molar-refractivity contribution in [2.75, 3.05) is 5.32 Å². The van der Waals surface area contributed by atoms with Crippen molar-refractivity contribution in [1.29, 1.82) is 0 Å². The van der Waals surface area contributed by atoms with Crippen LogP contribution >= 0.6 is 23.2 Å². The van der Waals surface area contributed by atoms with Gasteiger partial charge in [-0.3, -0.25) is 14.4 Å². The van der Waals surface area contributed by atoms with Crippen LogP contribution in [0.5, 0.6) is 0 Å². The smallest absolute Gasteiger partial charge is 0.253 e. The second-order valence-electron chi connectivity index (χ2n) is 6.45. The van der Waals surface area contributed by atoms with Crippen molar-refractivity contribution in [3.63, 3.8) is 0 Å². The zero-order valence-corrected chi connectivity index (χ0v) is 16.7. The van der Waals surface area contributed by atoms with E-state index in [4.69, 9.17) is 23.2 Å². The van der Waals surface area contributed by atoms with E-state index in [1.165, 1.54) is 19.1 Å². The van der Waals surface area contributed by atoms with Gasteiger partial charge in [0.1, 0.15) is 6.04 Å². The molecule has 2 aromatic carbocycles. The summed E-state index contributed by atoms with van der Waals surface area (Å²) in [6, 6.07) is 10.4. The minimum atomic E-state index is -0.787. The van der Waals surface area contributed by atoms with Gasteiger partial charge in [0.05, 0.1) is 10.6 Å². The van der Waals surface area contributed by atoms with Gasteiger partial charge in [-0.05, 0) is 43.2 Å². The standard InChI is InChI=1S/C20H20Cl2N2O3/c1-11(2)18(24-19(26)16-8-7-14(21)10-17(16)22)20(27)23-15-6-4-5-13(9-15)12(3)25/h4-11,18H,1-3H3,(H,23,27)(H,24,26)/t18-/m0/s1. The molecule has 1 atom stereocenters. The molecule has 2 rings (SSSR count). The van der Waals surface area contributed by atoms with Gasteiger partial charge in [-0.25, -0.2) is 0 Å². The molecular weight excluding hydrogens is 387 g/mol. The maximum atomic E-state index is 12.7. The van der Waals surface area contributed by atoms with Gasteiger partial charge in [-0.1, -0.05) is 49.2 Å². The summed E-state index contributed by atoms with van der Waals surface area (Å²) in [6.45, 7) is 5.09. The summed E-state index contributed by atoms with van der Waals surface area (Å²) in [5.41, 5.74) is 1.21. The Morgan fingerprint density at radius 3 is 2.30 bits per heavy atom. The Morgan fingerprint density at radius 2 is 1.70 bits per heavy atom. The second-order valence-corrected chi connectivity index (χ2v) is 7.29. The molecule has 0 fully saturated rings. The van der Waals surface area contributed by atoms with Crippen molar-refractivity contribution < 1.29 is 14.4 Å². The lowest BCUT2D eigenvalue weighted by Crippen LogP contribution is -2.47. The minimum Gasteiger partial charge on any atom is -0.340 e. The molecule has 0 aliphatic rings. The van der Waals surface area contributed by atoms with Crippen molar-refractivity contribution in [3.05, 3.63) is 63.6 Å². The summed E-state index contributed by atoms with van der Waals surface area (Å²) >= 11 is 11.9. The summed E-state index contributed by atoms with van der Waals surface area (Å²) in [4.78, 5) is 36.7. The highest BCUT2D eigenvalue weighted by molar-refractivity contribution is 6.36. The number of Topliss-reactive ketones (excluding diaryl/α,β-unsaturated/α-hetero) is 1. The molecule has 0 radical (unpaired) electrons. The number of ketones is 1. The molecule has 2 amide bonds. The molecule has 0 aliphatic heterocycles. The first-order valence-electron chi connectivity index (χ1n) is 8.37.